The van der Waals surface area contributed by atoms with Gasteiger partial charge in [-0.1, -0.05) is 54.6 Å². The molecular weight excluding hydrogens is 304 g/mol. The number of hydrogen-bond donors (Lipinski definition) is 1. The molecule has 1 atom stereocenters. The van der Waals surface area contributed by atoms with Crippen molar-refractivity contribution in [3.8, 4) is 0 Å². The highest BCUT2D eigenvalue weighted by atomic mass is 16.5. The third-order valence-corrected chi connectivity index (χ3v) is 4.17. The molecule has 4 nitrogen and oxygen atoms in total. The molecule has 1 aliphatic rings. The molecule has 3 rings (SSSR count). The van der Waals surface area contributed by atoms with E-state index in [1.165, 1.54) is 0 Å². The quantitative estimate of drug-likeness (QED) is 0.529. The van der Waals surface area contributed by atoms with Gasteiger partial charge in [0.05, 0.1) is 12.5 Å². The number of allylic oxidation sites excluding steroid dienone is 1. The minimum atomic E-state index is -0.584. The van der Waals surface area contributed by atoms with E-state index in [2.05, 4.69) is 0 Å². The lowest BCUT2D eigenvalue weighted by molar-refractivity contribution is -0.144. The van der Waals surface area contributed by atoms with Crippen LogP contribution in [0.4, 0.5) is 0 Å². The summed E-state index contributed by atoms with van der Waals surface area (Å²) in [5.41, 5.74) is 1.91. The molecule has 0 amide bonds. The maximum absolute atomic E-state index is 12.8. The summed E-state index contributed by atoms with van der Waals surface area (Å²) < 4.78 is 5.15. The number of aliphatic hydroxyl groups is 1. The van der Waals surface area contributed by atoms with E-state index in [1.807, 2.05) is 6.07 Å². The molecule has 0 bridgehead atoms. The summed E-state index contributed by atoms with van der Waals surface area (Å²) in [6, 6.07) is 15.9. The second-order valence-corrected chi connectivity index (χ2v) is 5.62. The predicted molar refractivity (Wildman–Crippen MR) is 90.8 cm³/mol. The summed E-state index contributed by atoms with van der Waals surface area (Å²) in [6.45, 7) is 2.02. The second-order valence-electron chi connectivity index (χ2n) is 5.62. The summed E-state index contributed by atoms with van der Waals surface area (Å²) in [7, 11) is 0. The average Bonchev–Trinajstić information content (AvgIpc) is 2.62. The van der Waals surface area contributed by atoms with Crippen molar-refractivity contribution in [3.63, 3.8) is 0 Å². The molecule has 2 aromatic rings. The van der Waals surface area contributed by atoms with Gasteiger partial charge in [0.25, 0.3) is 0 Å². The van der Waals surface area contributed by atoms with Crippen LogP contribution in [0.2, 0.25) is 0 Å². The average molecular weight is 322 g/mol. The van der Waals surface area contributed by atoms with E-state index in [-0.39, 0.29) is 36.1 Å². The number of Topliss-reactive ketones (excluding diaryl/α,β-unsaturated/α-hetero) is 1. The molecule has 1 aliphatic carbocycles. The lowest BCUT2D eigenvalue weighted by Crippen LogP contribution is -2.26. The molecule has 0 heterocycles. The summed E-state index contributed by atoms with van der Waals surface area (Å²) in [5.74, 6) is -1.28. The Bertz CT molecular complexity index is 805. The molecule has 0 saturated carbocycles. The molecule has 0 aliphatic heterocycles. The Kier molecular flexibility index (Phi) is 4.47. The third-order valence-electron chi connectivity index (χ3n) is 4.17. The van der Waals surface area contributed by atoms with Crippen molar-refractivity contribution in [2.24, 2.45) is 0 Å². The predicted octanol–water partition coefficient (Wildman–Crippen LogP) is 3.89. The zero-order valence-electron chi connectivity index (χ0n) is 13.4. The zero-order chi connectivity index (χ0) is 17.1. The van der Waals surface area contributed by atoms with Crippen LogP contribution in [0.15, 0.2) is 60.2 Å². The van der Waals surface area contributed by atoms with Gasteiger partial charge in [-0.2, -0.15) is 0 Å². The third kappa shape index (κ3) is 2.83. The van der Waals surface area contributed by atoms with Crippen molar-refractivity contribution in [1.29, 1.82) is 0 Å². The standard InChI is InChI=1S/C20H18O4/c1-2-24-20(23)16-12-17(18(21)13-8-4-3-5-9-13)19(22)15-11-7-6-10-14(15)16/h3-11,16,21H,2,12H2,1H3/b18-17+. The van der Waals surface area contributed by atoms with Gasteiger partial charge in [0.2, 0.25) is 0 Å². The minimum absolute atomic E-state index is 0.0793. The van der Waals surface area contributed by atoms with Crippen LogP contribution in [-0.4, -0.2) is 23.5 Å². The summed E-state index contributed by atoms with van der Waals surface area (Å²) >= 11 is 0. The van der Waals surface area contributed by atoms with Gasteiger partial charge in [-0.25, -0.2) is 0 Å². The highest BCUT2D eigenvalue weighted by Gasteiger charge is 2.36. The molecule has 1 N–H and O–H groups in total. The van der Waals surface area contributed by atoms with E-state index < -0.39 is 5.92 Å². The van der Waals surface area contributed by atoms with Crippen LogP contribution in [0.5, 0.6) is 0 Å². The molecular formula is C20H18O4. The van der Waals surface area contributed by atoms with Gasteiger partial charge in [-0.05, 0) is 18.9 Å². The number of esters is 1. The van der Waals surface area contributed by atoms with Gasteiger partial charge in [-0.3, -0.25) is 9.59 Å². The van der Waals surface area contributed by atoms with Crippen molar-refractivity contribution >= 4 is 17.5 Å². The van der Waals surface area contributed by atoms with E-state index in [4.69, 9.17) is 4.74 Å². The van der Waals surface area contributed by atoms with E-state index in [1.54, 1.807) is 55.5 Å². The van der Waals surface area contributed by atoms with Crippen molar-refractivity contribution in [2.75, 3.05) is 6.61 Å². The molecule has 24 heavy (non-hydrogen) atoms. The smallest absolute Gasteiger partial charge is 0.313 e. The number of aliphatic hydroxyl groups excluding tert-OH is 1. The summed E-state index contributed by atoms with van der Waals surface area (Å²) in [6.07, 6.45) is 0.134. The minimum Gasteiger partial charge on any atom is -0.507 e. The maximum atomic E-state index is 12.8. The summed E-state index contributed by atoms with van der Waals surface area (Å²) in [5, 5.41) is 10.6. The van der Waals surface area contributed by atoms with Crippen LogP contribution < -0.4 is 0 Å². The number of carbonyl (C=O) groups is 2. The van der Waals surface area contributed by atoms with E-state index in [0.717, 1.165) is 0 Å². The fourth-order valence-corrected chi connectivity index (χ4v) is 3.00. The largest absolute Gasteiger partial charge is 0.507 e. The Morgan fingerprint density at radius 2 is 1.79 bits per heavy atom. The Balaban J connectivity index is 2.11. The van der Waals surface area contributed by atoms with Crippen molar-refractivity contribution < 1.29 is 19.4 Å². The van der Waals surface area contributed by atoms with Gasteiger partial charge in [0.15, 0.2) is 5.78 Å². The van der Waals surface area contributed by atoms with Crippen LogP contribution in [0.3, 0.4) is 0 Å². The molecule has 2 aromatic carbocycles. The number of ketones is 1. The molecule has 0 saturated heterocycles. The Hall–Kier alpha value is -2.88. The van der Waals surface area contributed by atoms with Crippen LogP contribution in [0, 0.1) is 0 Å². The summed E-state index contributed by atoms with van der Waals surface area (Å²) in [4.78, 5) is 25.1. The molecule has 0 radical (unpaired) electrons. The SMILES string of the molecule is CCOC(=O)C1C/C(=C(\O)c2ccccc2)C(=O)c2ccccc21. The fourth-order valence-electron chi connectivity index (χ4n) is 3.00. The zero-order valence-corrected chi connectivity index (χ0v) is 13.4. The molecule has 0 spiro atoms. The lowest BCUT2D eigenvalue weighted by Gasteiger charge is -2.25. The van der Waals surface area contributed by atoms with Crippen LogP contribution in [-0.2, 0) is 9.53 Å². The van der Waals surface area contributed by atoms with Crippen molar-refractivity contribution in [2.45, 2.75) is 19.3 Å². The maximum Gasteiger partial charge on any atom is 0.313 e. The monoisotopic (exact) mass is 322 g/mol. The number of fused-ring (bicyclic) bond motifs is 1. The van der Waals surface area contributed by atoms with E-state index in [0.29, 0.717) is 16.7 Å². The number of rotatable bonds is 3. The van der Waals surface area contributed by atoms with Crippen molar-refractivity contribution in [3.05, 3.63) is 76.9 Å². The lowest BCUT2D eigenvalue weighted by atomic mass is 9.78. The number of hydrogen-bond acceptors (Lipinski definition) is 4. The first-order chi connectivity index (χ1) is 11.6. The number of carbonyl (C=O) groups excluding carboxylic acids is 2. The Morgan fingerprint density at radius 1 is 1.12 bits per heavy atom. The molecule has 0 aromatic heterocycles. The molecule has 0 fully saturated rings. The number of ether oxygens (including phenoxy) is 1. The van der Waals surface area contributed by atoms with E-state index in [9.17, 15) is 14.7 Å². The van der Waals surface area contributed by atoms with Gasteiger partial charge in [-0.15, -0.1) is 0 Å². The normalized spacial score (nSPS) is 18.7. The first kappa shape index (κ1) is 16.0. The second kappa shape index (κ2) is 6.71. The van der Waals surface area contributed by atoms with Crippen molar-refractivity contribution in [1.82, 2.24) is 0 Å². The van der Waals surface area contributed by atoms with Crippen LogP contribution in [0.1, 0.15) is 40.7 Å². The van der Waals surface area contributed by atoms with Crippen LogP contribution >= 0.6 is 0 Å². The highest BCUT2D eigenvalue weighted by molar-refractivity contribution is 6.15. The van der Waals surface area contributed by atoms with Gasteiger partial charge in [0, 0.05) is 16.7 Å². The Labute approximate surface area is 140 Å². The Morgan fingerprint density at radius 3 is 2.50 bits per heavy atom. The van der Waals surface area contributed by atoms with E-state index >= 15 is 0 Å². The molecule has 1 unspecified atom stereocenters. The van der Waals surface area contributed by atoms with Gasteiger partial charge < -0.3 is 9.84 Å². The van der Waals surface area contributed by atoms with Crippen LogP contribution in [0.25, 0.3) is 5.76 Å². The number of benzene rings is 2. The van der Waals surface area contributed by atoms with Gasteiger partial charge >= 0.3 is 5.97 Å². The first-order valence-electron chi connectivity index (χ1n) is 7.91. The molecule has 4 heteroatoms. The van der Waals surface area contributed by atoms with Gasteiger partial charge in [0.1, 0.15) is 5.76 Å². The molecule has 122 valence electrons. The highest BCUT2D eigenvalue weighted by Crippen LogP contribution is 2.38. The first-order valence-corrected chi connectivity index (χ1v) is 7.91. The topological polar surface area (TPSA) is 63.6 Å². The fraction of sp³-hybridized carbons (Fsp3) is 0.200.